The second-order valence-corrected chi connectivity index (χ2v) is 5.52. The van der Waals surface area contributed by atoms with Crippen LogP contribution in [0.1, 0.15) is 31.4 Å². The van der Waals surface area contributed by atoms with E-state index in [1.807, 2.05) is 19.1 Å². The summed E-state index contributed by atoms with van der Waals surface area (Å²) in [4.78, 5) is 2.30. The smallest absolute Gasteiger partial charge is 0.0642 e. The van der Waals surface area contributed by atoms with Crippen LogP contribution in [-0.4, -0.2) is 24.8 Å². The molecule has 0 aromatic heterocycles. The number of aliphatic hydroxyl groups is 1. The Kier molecular flexibility index (Phi) is 4.49. The van der Waals surface area contributed by atoms with E-state index in [4.69, 9.17) is 22.4 Å². The van der Waals surface area contributed by atoms with Crippen LogP contribution in [0.4, 0.5) is 5.69 Å². The number of anilines is 1. The van der Waals surface area contributed by atoms with E-state index in [1.165, 1.54) is 0 Å². The van der Waals surface area contributed by atoms with Crippen molar-refractivity contribution in [3.05, 3.63) is 28.8 Å². The third kappa shape index (κ3) is 2.97. The molecule has 0 saturated carbocycles. The van der Waals surface area contributed by atoms with Gasteiger partial charge in [-0.1, -0.05) is 17.7 Å². The maximum atomic E-state index is 8.98. The molecule has 1 saturated heterocycles. The lowest BCUT2D eigenvalue weighted by Crippen LogP contribution is -2.20. The number of rotatable bonds is 4. The molecule has 2 atom stereocenters. The van der Waals surface area contributed by atoms with Crippen molar-refractivity contribution in [2.24, 2.45) is 11.7 Å². The van der Waals surface area contributed by atoms with Crippen LogP contribution in [0, 0.1) is 5.92 Å². The molecule has 0 radical (unpaired) electrons. The van der Waals surface area contributed by atoms with Gasteiger partial charge in [0.05, 0.1) is 10.7 Å². The Morgan fingerprint density at radius 3 is 2.94 bits per heavy atom. The molecule has 1 aliphatic heterocycles. The molecule has 4 heteroatoms. The van der Waals surface area contributed by atoms with Crippen molar-refractivity contribution < 1.29 is 5.11 Å². The lowest BCUT2D eigenvalue weighted by Gasteiger charge is -2.21. The molecule has 100 valence electrons. The van der Waals surface area contributed by atoms with Crippen LogP contribution < -0.4 is 10.6 Å². The molecule has 18 heavy (non-hydrogen) atoms. The van der Waals surface area contributed by atoms with Gasteiger partial charge in [0.15, 0.2) is 0 Å². The molecule has 1 aliphatic rings. The summed E-state index contributed by atoms with van der Waals surface area (Å²) in [6.07, 6.45) is 2.01. The minimum Gasteiger partial charge on any atom is -0.396 e. The second-order valence-electron chi connectivity index (χ2n) is 5.11. The van der Waals surface area contributed by atoms with Gasteiger partial charge < -0.3 is 15.7 Å². The first-order chi connectivity index (χ1) is 8.61. The fourth-order valence-corrected chi connectivity index (χ4v) is 2.84. The largest absolute Gasteiger partial charge is 0.396 e. The monoisotopic (exact) mass is 268 g/mol. The fraction of sp³-hybridized carbons (Fsp3) is 0.571. The lowest BCUT2D eigenvalue weighted by atomic mass is 10.1. The predicted molar refractivity (Wildman–Crippen MR) is 76.1 cm³/mol. The van der Waals surface area contributed by atoms with Crippen LogP contribution in [0.3, 0.4) is 0 Å². The van der Waals surface area contributed by atoms with Crippen LogP contribution in [0.5, 0.6) is 0 Å². The molecule has 0 aliphatic carbocycles. The van der Waals surface area contributed by atoms with Crippen molar-refractivity contribution in [1.29, 1.82) is 0 Å². The zero-order valence-electron chi connectivity index (χ0n) is 10.8. The Balaban J connectivity index is 2.10. The summed E-state index contributed by atoms with van der Waals surface area (Å²) in [7, 11) is 0. The Morgan fingerprint density at radius 2 is 2.33 bits per heavy atom. The van der Waals surface area contributed by atoms with Gasteiger partial charge >= 0.3 is 0 Å². The van der Waals surface area contributed by atoms with Crippen LogP contribution in [0.25, 0.3) is 0 Å². The standard InChI is InChI=1S/C14H21ClN2O/c1-10(16)12-2-3-14(13(15)8-12)17-6-4-11(9-17)5-7-18/h2-3,8,10-11,18H,4-7,9,16H2,1H3/t10-,11?/m0/s1. The molecule has 1 aromatic rings. The number of benzene rings is 1. The first-order valence-corrected chi connectivity index (χ1v) is 6.90. The van der Waals surface area contributed by atoms with Crippen LogP contribution in [0.2, 0.25) is 5.02 Å². The van der Waals surface area contributed by atoms with E-state index in [2.05, 4.69) is 11.0 Å². The first-order valence-electron chi connectivity index (χ1n) is 6.52. The first kappa shape index (κ1) is 13.7. The zero-order chi connectivity index (χ0) is 13.1. The van der Waals surface area contributed by atoms with E-state index in [0.717, 1.165) is 42.2 Å². The van der Waals surface area contributed by atoms with Gasteiger partial charge in [0.25, 0.3) is 0 Å². The summed E-state index contributed by atoms with van der Waals surface area (Å²) in [5.41, 5.74) is 8.00. The minimum absolute atomic E-state index is 0.0114. The van der Waals surface area contributed by atoms with E-state index in [0.29, 0.717) is 5.92 Å². The highest BCUT2D eigenvalue weighted by molar-refractivity contribution is 6.33. The molecule has 3 nitrogen and oxygen atoms in total. The summed E-state index contributed by atoms with van der Waals surface area (Å²) in [6, 6.07) is 6.08. The Labute approximate surface area is 114 Å². The molecule has 1 aromatic carbocycles. The molecule has 0 spiro atoms. The SMILES string of the molecule is C[C@H](N)c1ccc(N2CCC(CCO)C2)c(Cl)c1. The Bertz CT molecular complexity index is 409. The van der Waals surface area contributed by atoms with Crippen molar-refractivity contribution in [3.63, 3.8) is 0 Å². The van der Waals surface area contributed by atoms with Crippen molar-refractivity contribution >= 4 is 17.3 Å². The average Bonchev–Trinajstić information content (AvgIpc) is 2.77. The molecule has 1 heterocycles. The van der Waals surface area contributed by atoms with E-state index >= 15 is 0 Å². The summed E-state index contributed by atoms with van der Waals surface area (Å²) in [5, 5.41) is 9.75. The number of halogens is 1. The van der Waals surface area contributed by atoms with Crippen molar-refractivity contribution in [3.8, 4) is 0 Å². The summed E-state index contributed by atoms with van der Waals surface area (Å²) < 4.78 is 0. The molecule has 3 N–H and O–H groups in total. The summed E-state index contributed by atoms with van der Waals surface area (Å²) >= 11 is 6.33. The molecule has 2 rings (SSSR count). The van der Waals surface area contributed by atoms with E-state index < -0.39 is 0 Å². The highest BCUT2D eigenvalue weighted by atomic mass is 35.5. The van der Waals surface area contributed by atoms with Gasteiger partial charge in [0.2, 0.25) is 0 Å². The second kappa shape index (κ2) is 5.91. The highest BCUT2D eigenvalue weighted by Gasteiger charge is 2.23. The van der Waals surface area contributed by atoms with Gasteiger partial charge in [-0.3, -0.25) is 0 Å². The third-order valence-corrected chi connectivity index (χ3v) is 3.96. The van der Waals surface area contributed by atoms with Gasteiger partial charge in [-0.2, -0.15) is 0 Å². The van der Waals surface area contributed by atoms with Gasteiger partial charge in [0.1, 0.15) is 0 Å². The molecule has 1 fully saturated rings. The maximum Gasteiger partial charge on any atom is 0.0642 e. The minimum atomic E-state index is 0.0114. The maximum absolute atomic E-state index is 8.98. The van der Waals surface area contributed by atoms with E-state index in [9.17, 15) is 0 Å². The molecule has 0 amide bonds. The highest BCUT2D eigenvalue weighted by Crippen LogP contribution is 2.32. The van der Waals surface area contributed by atoms with Gasteiger partial charge in [0, 0.05) is 25.7 Å². The van der Waals surface area contributed by atoms with Gasteiger partial charge in [-0.05, 0) is 43.4 Å². The molecule has 0 bridgehead atoms. The van der Waals surface area contributed by atoms with E-state index in [1.54, 1.807) is 0 Å². The number of hydrogen-bond acceptors (Lipinski definition) is 3. The lowest BCUT2D eigenvalue weighted by molar-refractivity contribution is 0.263. The normalized spacial score (nSPS) is 21.3. The third-order valence-electron chi connectivity index (χ3n) is 3.66. The summed E-state index contributed by atoms with van der Waals surface area (Å²) in [6.45, 7) is 4.23. The number of aliphatic hydroxyl groups excluding tert-OH is 1. The van der Waals surface area contributed by atoms with E-state index in [-0.39, 0.29) is 12.6 Å². The molecular weight excluding hydrogens is 248 g/mol. The zero-order valence-corrected chi connectivity index (χ0v) is 11.5. The molecular formula is C14H21ClN2O. The number of hydrogen-bond donors (Lipinski definition) is 2. The van der Waals surface area contributed by atoms with Gasteiger partial charge in [-0.15, -0.1) is 0 Å². The summed E-state index contributed by atoms with van der Waals surface area (Å²) in [5.74, 6) is 0.583. The average molecular weight is 269 g/mol. The fourth-order valence-electron chi connectivity index (χ4n) is 2.53. The topological polar surface area (TPSA) is 49.5 Å². The molecule has 1 unspecified atom stereocenters. The Hall–Kier alpha value is -0.770. The van der Waals surface area contributed by atoms with Crippen molar-refractivity contribution in [2.45, 2.75) is 25.8 Å². The van der Waals surface area contributed by atoms with Crippen molar-refractivity contribution in [2.75, 3.05) is 24.6 Å². The quantitative estimate of drug-likeness (QED) is 0.882. The number of nitrogens with two attached hydrogens (primary N) is 1. The van der Waals surface area contributed by atoms with Crippen LogP contribution in [-0.2, 0) is 0 Å². The van der Waals surface area contributed by atoms with Crippen molar-refractivity contribution in [1.82, 2.24) is 0 Å². The van der Waals surface area contributed by atoms with Crippen LogP contribution in [0.15, 0.2) is 18.2 Å². The van der Waals surface area contributed by atoms with Crippen LogP contribution >= 0.6 is 11.6 Å². The Morgan fingerprint density at radius 1 is 1.56 bits per heavy atom. The predicted octanol–water partition coefficient (Wildman–Crippen LogP) is 2.57. The van der Waals surface area contributed by atoms with Gasteiger partial charge in [-0.25, -0.2) is 0 Å². The number of nitrogens with zero attached hydrogens (tertiary/aromatic N) is 1.